The SMILES string of the molecule is CC(=O)N[C@@H](CC(=O)N[C@H](c1ccccc1)c1cccs1)c1ccc(Cl)cc1. The number of thiophene rings is 1. The van der Waals surface area contributed by atoms with E-state index in [4.69, 9.17) is 11.6 Å². The molecule has 0 aliphatic rings. The Kier molecular flexibility index (Phi) is 6.85. The van der Waals surface area contributed by atoms with Crippen molar-refractivity contribution < 1.29 is 9.59 Å². The van der Waals surface area contributed by atoms with Crippen molar-refractivity contribution >= 4 is 34.8 Å². The monoisotopic (exact) mass is 412 g/mol. The summed E-state index contributed by atoms with van der Waals surface area (Å²) in [5.41, 5.74) is 1.85. The smallest absolute Gasteiger partial charge is 0.223 e. The van der Waals surface area contributed by atoms with Gasteiger partial charge in [-0.05, 0) is 34.7 Å². The fourth-order valence-corrected chi connectivity index (χ4v) is 3.95. The molecule has 6 heteroatoms. The summed E-state index contributed by atoms with van der Waals surface area (Å²) >= 11 is 7.55. The van der Waals surface area contributed by atoms with Crippen molar-refractivity contribution in [1.82, 2.24) is 10.6 Å². The number of halogens is 1. The van der Waals surface area contributed by atoms with Crippen molar-refractivity contribution in [3.05, 3.63) is 93.1 Å². The second kappa shape index (κ2) is 9.53. The number of hydrogen-bond acceptors (Lipinski definition) is 3. The molecule has 0 spiro atoms. The summed E-state index contributed by atoms with van der Waals surface area (Å²) < 4.78 is 0. The number of carbonyl (C=O) groups excluding carboxylic acids is 2. The normalized spacial score (nSPS) is 12.8. The molecular formula is C22H21ClN2O2S. The first-order valence-electron chi connectivity index (χ1n) is 8.93. The molecule has 1 heterocycles. The summed E-state index contributed by atoms with van der Waals surface area (Å²) in [5, 5.41) is 8.57. The number of rotatable bonds is 7. The second-order valence-corrected chi connectivity index (χ2v) is 7.85. The van der Waals surface area contributed by atoms with Crippen molar-refractivity contribution in [2.24, 2.45) is 0 Å². The summed E-state index contributed by atoms with van der Waals surface area (Å²) in [6.07, 6.45) is 0.135. The van der Waals surface area contributed by atoms with Crippen LogP contribution in [0.3, 0.4) is 0 Å². The van der Waals surface area contributed by atoms with Crippen LogP contribution in [0, 0.1) is 0 Å². The van der Waals surface area contributed by atoms with E-state index in [1.165, 1.54) is 6.92 Å². The van der Waals surface area contributed by atoms with Gasteiger partial charge in [-0.2, -0.15) is 0 Å². The zero-order valence-corrected chi connectivity index (χ0v) is 17.0. The summed E-state index contributed by atoms with van der Waals surface area (Å²) in [4.78, 5) is 25.6. The molecule has 0 saturated heterocycles. The van der Waals surface area contributed by atoms with Crippen LogP contribution in [0.2, 0.25) is 5.02 Å². The molecule has 4 nitrogen and oxygen atoms in total. The zero-order chi connectivity index (χ0) is 19.9. The lowest BCUT2D eigenvalue weighted by Gasteiger charge is -2.22. The fourth-order valence-electron chi connectivity index (χ4n) is 3.02. The molecule has 0 bridgehead atoms. The third kappa shape index (κ3) is 5.44. The number of nitrogens with one attached hydrogen (secondary N) is 2. The van der Waals surface area contributed by atoms with Crippen LogP contribution >= 0.6 is 22.9 Å². The molecule has 2 N–H and O–H groups in total. The van der Waals surface area contributed by atoms with Gasteiger partial charge in [0.15, 0.2) is 0 Å². The molecule has 3 aromatic rings. The highest BCUT2D eigenvalue weighted by Gasteiger charge is 2.22. The van der Waals surface area contributed by atoms with E-state index in [2.05, 4.69) is 10.6 Å². The number of benzene rings is 2. The second-order valence-electron chi connectivity index (χ2n) is 6.44. The van der Waals surface area contributed by atoms with Gasteiger partial charge in [-0.1, -0.05) is 60.1 Å². The Labute approximate surface area is 173 Å². The highest BCUT2D eigenvalue weighted by atomic mass is 35.5. The van der Waals surface area contributed by atoms with E-state index >= 15 is 0 Å². The van der Waals surface area contributed by atoms with E-state index < -0.39 is 6.04 Å². The van der Waals surface area contributed by atoms with Crippen molar-refractivity contribution in [3.63, 3.8) is 0 Å². The molecule has 2 atom stereocenters. The third-order valence-corrected chi connectivity index (χ3v) is 5.49. The van der Waals surface area contributed by atoms with Gasteiger partial charge in [-0.25, -0.2) is 0 Å². The van der Waals surface area contributed by atoms with Crippen LogP contribution in [-0.4, -0.2) is 11.8 Å². The number of carbonyl (C=O) groups is 2. The molecule has 1 aromatic heterocycles. The van der Waals surface area contributed by atoms with Crippen LogP contribution in [-0.2, 0) is 9.59 Å². The average molecular weight is 413 g/mol. The summed E-state index contributed by atoms with van der Waals surface area (Å²) in [5.74, 6) is -0.332. The maximum absolute atomic E-state index is 12.9. The number of amides is 2. The molecule has 0 aliphatic carbocycles. The van der Waals surface area contributed by atoms with Gasteiger partial charge in [0, 0.05) is 16.8 Å². The lowest BCUT2D eigenvalue weighted by Crippen LogP contribution is -2.34. The minimum atomic E-state index is -0.422. The molecular weight excluding hydrogens is 392 g/mol. The fraction of sp³-hybridized carbons (Fsp3) is 0.182. The van der Waals surface area contributed by atoms with E-state index in [1.54, 1.807) is 23.5 Å². The van der Waals surface area contributed by atoms with Crippen molar-refractivity contribution in [1.29, 1.82) is 0 Å². The highest BCUT2D eigenvalue weighted by molar-refractivity contribution is 7.10. The first-order valence-corrected chi connectivity index (χ1v) is 10.2. The van der Waals surface area contributed by atoms with E-state index in [1.807, 2.05) is 60.0 Å². The third-order valence-electron chi connectivity index (χ3n) is 4.31. The average Bonchev–Trinajstić information content (AvgIpc) is 3.21. The van der Waals surface area contributed by atoms with E-state index in [9.17, 15) is 9.59 Å². The van der Waals surface area contributed by atoms with E-state index in [-0.39, 0.29) is 24.3 Å². The first-order chi connectivity index (χ1) is 13.5. The highest BCUT2D eigenvalue weighted by Crippen LogP contribution is 2.27. The van der Waals surface area contributed by atoms with Crippen molar-refractivity contribution in [2.75, 3.05) is 0 Å². The predicted molar refractivity (Wildman–Crippen MR) is 113 cm³/mol. The molecule has 0 radical (unpaired) electrons. The standard InChI is InChI=1S/C22H21ClN2O2S/c1-15(26)24-19(16-9-11-18(23)12-10-16)14-21(27)25-22(20-8-5-13-28-20)17-6-3-2-4-7-17/h2-13,19,22H,14H2,1H3,(H,24,26)(H,25,27)/t19-,22+/m0/s1. The Morgan fingerprint density at radius 1 is 0.929 bits per heavy atom. The Balaban J connectivity index is 1.78. The molecule has 0 saturated carbocycles. The minimum Gasteiger partial charge on any atom is -0.349 e. The van der Waals surface area contributed by atoms with Crippen LogP contribution in [0.4, 0.5) is 0 Å². The first kappa shape index (κ1) is 20.1. The maximum atomic E-state index is 12.9. The number of hydrogen-bond donors (Lipinski definition) is 2. The lowest BCUT2D eigenvalue weighted by molar-refractivity contribution is -0.123. The molecule has 0 unspecified atom stereocenters. The largest absolute Gasteiger partial charge is 0.349 e. The van der Waals surface area contributed by atoms with Gasteiger partial charge >= 0.3 is 0 Å². The molecule has 0 fully saturated rings. The quantitative estimate of drug-likeness (QED) is 0.581. The van der Waals surface area contributed by atoms with Crippen LogP contribution in [0.15, 0.2) is 72.1 Å². The summed E-state index contributed by atoms with van der Waals surface area (Å²) in [6.45, 7) is 1.44. The summed E-state index contributed by atoms with van der Waals surface area (Å²) in [6, 6.07) is 20.3. The molecule has 0 aliphatic heterocycles. The van der Waals surface area contributed by atoms with Crippen LogP contribution in [0.1, 0.15) is 41.4 Å². The van der Waals surface area contributed by atoms with Gasteiger partial charge in [0.2, 0.25) is 11.8 Å². The van der Waals surface area contributed by atoms with E-state index in [0.717, 1.165) is 16.0 Å². The van der Waals surface area contributed by atoms with Crippen LogP contribution in [0.25, 0.3) is 0 Å². The van der Waals surface area contributed by atoms with Gasteiger partial charge in [0.05, 0.1) is 18.5 Å². The van der Waals surface area contributed by atoms with Gasteiger partial charge in [-0.15, -0.1) is 11.3 Å². The van der Waals surface area contributed by atoms with Crippen LogP contribution < -0.4 is 10.6 Å². The molecule has 144 valence electrons. The molecule has 2 aromatic carbocycles. The lowest BCUT2D eigenvalue weighted by atomic mass is 10.0. The van der Waals surface area contributed by atoms with Gasteiger partial charge in [0.25, 0.3) is 0 Å². The zero-order valence-electron chi connectivity index (χ0n) is 15.4. The molecule has 2 amide bonds. The summed E-state index contributed by atoms with van der Waals surface area (Å²) in [7, 11) is 0. The molecule has 3 rings (SSSR count). The van der Waals surface area contributed by atoms with Gasteiger partial charge in [0.1, 0.15) is 0 Å². The Morgan fingerprint density at radius 2 is 1.64 bits per heavy atom. The predicted octanol–water partition coefficient (Wildman–Crippen LogP) is 4.87. The Morgan fingerprint density at radius 3 is 2.25 bits per heavy atom. The van der Waals surface area contributed by atoms with E-state index in [0.29, 0.717) is 5.02 Å². The topological polar surface area (TPSA) is 58.2 Å². The van der Waals surface area contributed by atoms with Crippen molar-refractivity contribution in [3.8, 4) is 0 Å². The maximum Gasteiger partial charge on any atom is 0.223 e. The van der Waals surface area contributed by atoms with Crippen LogP contribution in [0.5, 0.6) is 0 Å². The minimum absolute atomic E-state index is 0.135. The molecule has 28 heavy (non-hydrogen) atoms. The van der Waals surface area contributed by atoms with Gasteiger partial charge in [-0.3, -0.25) is 9.59 Å². The van der Waals surface area contributed by atoms with Crippen molar-refractivity contribution in [2.45, 2.75) is 25.4 Å². The Hall–Kier alpha value is -2.63. The van der Waals surface area contributed by atoms with Gasteiger partial charge < -0.3 is 10.6 Å². The Bertz CT molecular complexity index is 911.